The van der Waals surface area contributed by atoms with Crippen molar-refractivity contribution in [2.75, 3.05) is 25.1 Å². The highest BCUT2D eigenvalue weighted by Gasteiger charge is 2.27. The van der Waals surface area contributed by atoms with E-state index in [-0.39, 0.29) is 5.41 Å². The zero-order valence-corrected chi connectivity index (χ0v) is 11.5. The first-order chi connectivity index (χ1) is 9.16. The van der Waals surface area contributed by atoms with Crippen LogP contribution in [0.1, 0.15) is 25.5 Å². The second-order valence-corrected chi connectivity index (χ2v) is 5.65. The molecule has 0 radical (unpaired) electrons. The van der Waals surface area contributed by atoms with Crippen molar-refractivity contribution in [2.24, 2.45) is 5.41 Å². The fourth-order valence-corrected chi connectivity index (χ4v) is 2.44. The van der Waals surface area contributed by atoms with E-state index in [2.05, 4.69) is 22.3 Å². The van der Waals surface area contributed by atoms with Crippen molar-refractivity contribution in [3.8, 4) is 0 Å². The monoisotopic (exact) mass is 260 g/mol. The van der Waals surface area contributed by atoms with Crippen molar-refractivity contribution in [3.05, 3.63) is 23.9 Å². The van der Waals surface area contributed by atoms with Crippen molar-refractivity contribution in [3.63, 3.8) is 0 Å². The summed E-state index contributed by atoms with van der Waals surface area (Å²) < 4.78 is 7.29. The van der Waals surface area contributed by atoms with E-state index >= 15 is 0 Å². The molecule has 1 saturated heterocycles. The van der Waals surface area contributed by atoms with Gasteiger partial charge in [0.1, 0.15) is 0 Å². The van der Waals surface area contributed by atoms with Crippen molar-refractivity contribution < 1.29 is 4.74 Å². The zero-order chi connectivity index (χ0) is 13.3. The number of aromatic nitrogens is 3. The van der Waals surface area contributed by atoms with Crippen LogP contribution in [0.25, 0.3) is 5.65 Å². The maximum Gasteiger partial charge on any atom is 0.243 e. The second kappa shape index (κ2) is 4.81. The number of hydrogen-bond acceptors (Lipinski definition) is 4. The van der Waals surface area contributed by atoms with Gasteiger partial charge >= 0.3 is 0 Å². The molecule has 1 aliphatic heterocycles. The number of ether oxygens (including phenoxy) is 1. The molecule has 2 aromatic rings. The van der Waals surface area contributed by atoms with Gasteiger partial charge in [0.05, 0.1) is 0 Å². The molecule has 1 fully saturated rings. The summed E-state index contributed by atoms with van der Waals surface area (Å²) in [5, 5.41) is 7.86. The predicted molar refractivity (Wildman–Crippen MR) is 74.4 cm³/mol. The highest BCUT2D eigenvalue weighted by Crippen LogP contribution is 2.29. The first-order valence-electron chi connectivity index (χ1n) is 6.80. The van der Waals surface area contributed by atoms with Crippen LogP contribution in [0.3, 0.4) is 0 Å². The summed E-state index contributed by atoms with van der Waals surface area (Å²) >= 11 is 0. The minimum Gasteiger partial charge on any atom is -0.381 e. The molecule has 0 bridgehead atoms. The Bertz CT molecular complexity index is 572. The number of fused-ring (bicyclic) bond motifs is 1. The molecule has 0 saturated carbocycles. The number of hydrogen-bond donors (Lipinski definition) is 1. The van der Waals surface area contributed by atoms with Gasteiger partial charge in [0.15, 0.2) is 5.65 Å². The van der Waals surface area contributed by atoms with E-state index in [0.717, 1.165) is 43.9 Å². The minimum absolute atomic E-state index is 0.283. The molecular weight excluding hydrogens is 240 g/mol. The topological polar surface area (TPSA) is 51.5 Å². The number of rotatable bonds is 3. The molecule has 0 aromatic carbocycles. The Morgan fingerprint density at radius 1 is 1.37 bits per heavy atom. The van der Waals surface area contributed by atoms with Crippen LogP contribution in [0.5, 0.6) is 0 Å². The van der Waals surface area contributed by atoms with E-state index in [1.54, 1.807) is 0 Å². The summed E-state index contributed by atoms with van der Waals surface area (Å²) in [6.45, 7) is 6.94. The Morgan fingerprint density at radius 3 is 2.89 bits per heavy atom. The lowest BCUT2D eigenvalue weighted by atomic mass is 9.82. The molecule has 0 aliphatic carbocycles. The Morgan fingerprint density at radius 2 is 2.16 bits per heavy atom. The largest absolute Gasteiger partial charge is 0.381 e. The fraction of sp³-hybridized carbons (Fsp3) is 0.571. The summed E-state index contributed by atoms with van der Waals surface area (Å²) in [5.74, 6) is 0.710. The number of nitrogens with zero attached hydrogens (tertiary/aromatic N) is 3. The molecule has 0 amide bonds. The van der Waals surface area contributed by atoms with Crippen molar-refractivity contribution in [1.29, 1.82) is 0 Å². The van der Waals surface area contributed by atoms with E-state index in [1.165, 1.54) is 0 Å². The highest BCUT2D eigenvalue weighted by molar-refractivity contribution is 5.44. The lowest BCUT2D eigenvalue weighted by Gasteiger charge is -2.33. The molecule has 5 nitrogen and oxygen atoms in total. The third-order valence-corrected chi connectivity index (χ3v) is 3.92. The van der Waals surface area contributed by atoms with E-state index < -0.39 is 0 Å². The van der Waals surface area contributed by atoms with Crippen LogP contribution in [0.4, 0.5) is 5.95 Å². The molecular formula is C14H20N4O. The zero-order valence-electron chi connectivity index (χ0n) is 11.5. The second-order valence-electron chi connectivity index (χ2n) is 5.65. The molecule has 5 heteroatoms. The Kier molecular flexibility index (Phi) is 3.14. The standard InChI is InChI=1S/C14H20N4O/c1-11-4-3-5-12-16-13(17-18(11)12)15-10-14(2)6-8-19-9-7-14/h3-5H,6-10H2,1-2H3,(H,15,17). The van der Waals surface area contributed by atoms with Crippen LogP contribution >= 0.6 is 0 Å². The molecule has 2 aromatic heterocycles. The molecule has 19 heavy (non-hydrogen) atoms. The molecule has 1 aliphatic rings. The molecule has 3 rings (SSSR count). The van der Waals surface area contributed by atoms with Gasteiger partial charge in [0.2, 0.25) is 5.95 Å². The summed E-state index contributed by atoms with van der Waals surface area (Å²) in [5.41, 5.74) is 2.26. The molecule has 0 spiro atoms. The van der Waals surface area contributed by atoms with E-state index in [9.17, 15) is 0 Å². The van der Waals surface area contributed by atoms with Crippen molar-refractivity contribution >= 4 is 11.6 Å². The van der Waals surface area contributed by atoms with Gasteiger partial charge in [0, 0.05) is 25.5 Å². The van der Waals surface area contributed by atoms with Gasteiger partial charge in [-0.3, -0.25) is 0 Å². The van der Waals surface area contributed by atoms with Gasteiger partial charge in [-0.05, 0) is 37.3 Å². The lowest BCUT2D eigenvalue weighted by Crippen LogP contribution is -2.33. The van der Waals surface area contributed by atoms with E-state index in [4.69, 9.17) is 4.74 Å². The average Bonchev–Trinajstić information content (AvgIpc) is 2.82. The first kappa shape index (κ1) is 12.4. The third kappa shape index (κ3) is 2.56. The van der Waals surface area contributed by atoms with Gasteiger partial charge in [-0.25, -0.2) is 4.52 Å². The van der Waals surface area contributed by atoms with Crippen LogP contribution in [0.2, 0.25) is 0 Å². The maximum absolute atomic E-state index is 5.42. The SMILES string of the molecule is Cc1cccc2nc(NCC3(C)CCOCC3)nn12. The molecule has 3 heterocycles. The van der Waals surface area contributed by atoms with E-state index in [1.807, 2.05) is 29.6 Å². The van der Waals surface area contributed by atoms with Gasteiger partial charge in [-0.15, -0.1) is 5.10 Å². The molecule has 102 valence electrons. The Labute approximate surface area is 113 Å². The van der Waals surface area contributed by atoms with Crippen LogP contribution in [0, 0.1) is 12.3 Å². The number of pyridine rings is 1. The van der Waals surface area contributed by atoms with Gasteiger partial charge in [-0.2, -0.15) is 4.98 Å². The van der Waals surface area contributed by atoms with Gasteiger partial charge in [-0.1, -0.05) is 13.0 Å². The molecule has 0 unspecified atom stereocenters. The van der Waals surface area contributed by atoms with Gasteiger partial charge < -0.3 is 10.1 Å². The smallest absolute Gasteiger partial charge is 0.243 e. The summed E-state index contributed by atoms with van der Waals surface area (Å²) in [4.78, 5) is 4.50. The molecule has 1 N–H and O–H groups in total. The van der Waals surface area contributed by atoms with Gasteiger partial charge in [0.25, 0.3) is 0 Å². The summed E-state index contributed by atoms with van der Waals surface area (Å²) in [6, 6.07) is 6.01. The van der Waals surface area contributed by atoms with Crippen molar-refractivity contribution in [2.45, 2.75) is 26.7 Å². The third-order valence-electron chi connectivity index (χ3n) is 3.92. The maximum atomic E-state index is 5.42. The normalized spacial score (nSPS) is 18.6. The number of aryl methyl sites for hydroxylation is 1. The minimum atomic E-state index is 0.283. The lowest BCUT2D eigenvalue weighted by molar-refractivity contribution is 0.0299. The first-order valence-corrected chi connectivity index (χ1v) is 6.80. The van der Waals surface area contributed by atoms with Crippen molar-refractivity contribution in [1.82, 2.24) is 14.6 Å². The summed E-state index contributed by atoms with van der Waals surface area (Å²) in [7, 11) is 0. The van der Waals surface area contributed by atoms with E-state index in [0.29, 0.717) is 5.95 Å². The highest BCUT2D eigenvalue weighted by atomic mass is 16.5. The number of anilines is 1. The Balaban J connectivity index is 1.73. The molecule has 0 atom stereocenters. The predicted octanol–water partition coefficient (Wildman–Crippen LogP) is 2.27. The van der Waals surface area contributed by atoms with Crippen LogP contribution < -0.4 is 5.32 Å². The number of nitrogens with one attached hydrogen (secondary N) is 1. The summed E-state index contributed by atoms with van der Waals surface area (Å²) in [6.07, 6.45) is 2.18. The quantitative estimate of drug-likeness (QED) is 0.919. The fourth-order valence-electron chi connectivity index (χ4n) is 2.44. The van der Waals surface area contributed by atoms with Crippen LogP contribution in [-0.4, -0.2) is 34.4 Å². The van der Waals surface area contributed by atoms with Crippen LogP contribution in [0.15, 0.2) is 18.2 Å². The average molecular weight is 260 g/mol. The Hall–Kier alpha value is -1.62. The van der Waals surface area contributed by atoms with Crippen LogP contribution in [-0.2, 0) is 4.74 Å².